The molecule has 0 radical (unpaired) electrons. The van der Waals surface area contributed by atoms with Gasteiger partial charge in [0.25, 0.3) is 5.91 Å². The van der Waals surface area contributed by atoms with Crippen LogP contribution in [0, 0.1) is 0 Å². The van der Waals surface area contributed by atoms with Crippen molar-refractivity contribution in [3.63, 3.8) is 0 Å². The molecule has 5 heteroatoms. The lowest BCUT2D eigenvalue weighted by Gasteiger charge is -2.11. The lowest BCUT2D eigenvalue weighted by Crippen LogP contribution is -2.30. The van der Waals surface area contributed by atoms with Crippen molar-refractivity contribution in [2.75, 3.05) is 13.2 Å². The smallest absolute Gasteiger partial charge is 0.255 e. The van der Waals surface area contributed by atoms with E-state index >= 15 is 0 Å². The molecule has 62 valence electrons. The van der Waals surface area contributed by atoms with Gasteiger partial charge in [-0.3, -0.25) is 14.4 Å². The van der Waals surface area contributed by atoms with Crippen molar-refractivity contribution in [1.82, 2.24) is 5.06 Å². The maximum atomic E-state index is 11.0. The molecule has 0 aromatic rings. The van der Waals surface area contributed by atoms with Crippen molar-refractivity contribution in [3.05, 3.63) is 0 Å². The summed E-state index contributed by atoms with van der Waals surface area (Å²) in [4.78, 5) is 26.1. The summed E-state index contributed by atoms with van der Waals surface area (Å²) < 4.78 is 0. The third kappa shape index (κ3) is 2.19. The first-order valence-electron chi connectivity index (χ1n) is 3.42. The van der Waals surface area contributed by atoms with E-state index in [2.05, 4.69) is 0 Å². The van der Waals surface area contributed by atoms with E-state index in [1.165, 1.54) is 5.06 Å². The number of carbonyl (C=O) groups is 2. The Labute approximate surface area is 64.0 Å². The summed E-state index contributed by atoms with van der Waals surface area (Å²) in [5.74, 6) is -0.972. The number of primary amides is 1. The summed E-state index contributed by atoms with van der Waals surface area (Å²) in [7, 11) is 0. The van der Waals surface area contributed by atoms with Crippen molar-refractivity contribution in [3.8, 4) is 0 Å². The average molecular weight is 158 g/mol. The van der Waals surface area contributed by atoms with Crippen molar-refractivity contribution in [2.24, 2.45) is 5.73 Å². The monoisotopic (exact) mass is 158 g/mol. The van der Waals surface area contributed by atoms with Crippen LogP contribution in [0.3, 0.4) is 0 Å². The van der Waals surface area contributed by atoms with Crippen LogP contribution in [-0.4, -0.2) is 30.0 Å². The van der Waals surface area contributed by atoms with Crippen LogP contribution in [0.25, 0.3) is 0 Å². The zero-order valence-electron chi connectivity index (χ0n) is 6.08. The summed E-state index contributed by atoms with van der Waals surface area (Å²) in [6, 6.07) is 0. The Balaban J connectivity index is 2.34. The molecule has 0 aliphatic carbocycles. The first-order valence-corrected chi connectivity index (χ1v) is 3.42. The van der Waals surface area contributed by atoms with Crippen LogP contribution in [0.15, 0.2) is 0 Å². The highest BCUT2D eigenvalue weighted by Crippen LogP contribution is 2.05. The molecule has 0 aromatic carbocycles. The molecule has 0 saturated carbocycles. The second kappa shape index (κ2) is 3.34. The van der Waals surface area contributed by atoms with E-state index < -0.39 is 5.91 Å². The number of nitrogens with zero attached hydrogens (tertiary/aromatic N) is 1. The number of amides is 2. The van der Waals surface area contributed by atoms with Gasteiger partial charge in [-0.1, -0.05) is 0 Å². The van der Waals surface area contributed by atoms with Crippen LogP contribution >= 0.6 is 0 Å². The molecule has 0 spiro atoms. The van der Waals surface area contributed by atoms with Gasteiger partial charge < -0.3 is 5.73 Å². The first kappa shape index (κ1) is 8.00. The lowest BCUT2D eigenvalue weighted by molar-refractivity contribution is -0.169. The van der Waals surface area contributed by atoms with Gasteiger partial charge in [0.05, 0.1) is 13.2 Å². The molecule has 11 heavy (non-hydrogen) atoms. The fourth-order valence-corrected chi connectivity index (χ4v) is 0.881. The molecule has 1 aliphatic heterocycles. The van der Waals surface area contributed by atoms with E-state index in [4.69, 9.17) is 10.6 Å². The van der Waals surface area contributed by atoms with Gasteiger partial charge in [-0.25, -0.2) is 5.06 Å². The van der Waals surface area contributed by atoms with Crippen LogP contribution in [0.1, 0.15) is 12.8 Å². The quantitative estimate of drug-likeness (QED) is 0.525. The molecule has 0 bridgehead atoms. The van der Waals surface area contributed by atoms with Gasteiger partial charge in [0.1, 0.15) is 6.42 Å². The zero-order valence-corrected chi connectivity index (χ0v) is 6.08. The van der Waals surface area contributed by atoms with Crippen molar-refractivity contribution in [2.45, 2.75) is 12.8 Å². The lowest BCUT2D eigenvalue weighted by atomic mass is 10.4. The Hall–Kier alpha value is -1.10. The van der Waals surface area contributed by atoms with Gasteiger partial charge in [-0.05, 0) is 6.42 Å². The highest BCUT2D eigenvalue weighted by atomic mass is 16.7. The van der Waals surface area contributed by atoms with Crippen LogP contribution in [-0.2, 0) is 14.4 Å². The Morgan fingerprint density at radius 3 is 2.73 bits per heavy atom. The van der Waals surface area contributed by atoms with Crippen LogP contribution in [0.4, 0.5) is 0 Å². The maximum absolute atomic E-state index is 11.0. The molecule has 0 atom stereocenters. The van der Waals surface area contributed by atoms with Crippen LogP contribution in [0.2, 0.25) is 0 Å². The van der Waals surface area contributed by atoms with E-state index in [0.29, 0.717) is 13.2 Å². The Morgan fingerprint density at radius 2 is 2.27 bits per heavy atom. The highest BCUT2D eigenvalue weighted by Gasteiger charge is 2.20. The topological polar surface area (TPSA) is 72.6 Å². The van der Waals surface area contributed by atoms with Crippen LogP contribution < -0.4 is 5.73 Å². The molecule has 1 rings (SSSR count). The largest absolute Gasteiger partial charge is 0.369 e. The molecular weight excluding hydrogens is 148 g/mol. The summed E-state index contributed by atoms with van der Waals surface area (Å²) in [6.45, 7) is 1.11. The fourth-order valence-electron chi connectivity index (χ4n) is 0.881. The predicted octanol–water partition coefficient (Wildman–Crippen LogP) is -0.974. The molecule has 1 fully saturated rings. The third-order valence-electron chi connectivity index (χ3n) is 1.36. The van der Waals surface area contributed by atoms with Gasteiger partial charge in [-0.2, -0.15) is 0 Å². The van der Waals surface area contributed by atoms with Crippen molar-refractivity contribution in [1.29, 1.82) is 0 Å². The summed E-state index contributed by atoms with van der Waals surface area (Å²) in [5.41, 5.74) is 4.82. The van der Waals surface area contributed by atoms with Crippen molar-refractivity contribution >= 4 is 11.8 Å². The summed E-state index contributed by atoms with van der Waals surface area (Å²) in [6.07, 6.45) is 0.560. The van der Waals surface area contributed by atoms with Gasteiger partial charge >= 0.3 is 0 Å². The Kier molecular flexibility index (Phi) is 2.43. The molecule has 2 amide bonds. The first-order chi connectivity index (χ1) is 5.20. The molecule has 0 unspecified atom stereocenters. The molecule has 2 N–H and O–H groups in total. The van der Waals surface area contributed by atoms with Gasteiger partial charge in [0, 0.05) is 0 Å². The summed E-state index contributed by atoms with van der Waals surface area (Å²) >= 11 is 0. The SMILES string of the molecule is NC(=O)CC(=O)N1CCCO1. The molecule has 1 aliphatic rings. The molecule has 0 aromatic heterocycles. The van der Waals surface area contributed by atoms with E-state index in [9.17, 15) is 9.59 Å². The Morgan fingerprint density at radius 1 is 1.55 bits per heavy atom. The minimum Gasteiger partial charge on any atom is -0.369 e. The molecule has 1 heterocycles. The standard InChI is InChI=1S/C6H10N2O3/c7-5(9)4-6(10)8-2-1-3-11-8/h1-4H2,(H2,7,9). The van der Waals surface area contributed by atoms with Crippen molar-refractivity contribution < 1.29 is 14.4 Å². The maximum Gasteiger partial charge on any atom is 0.255 e. The Bertz CT molecular complexity index is 175. The van der Waals surface area contributed by atoms with E-state index in [-0.39, 0.29) is 12.3 Å². The number of rotatable bonds is 2. The summed E-state index contributed by atoms with van der Waals surface area (Å²) in [5, 5.41) is 1.19. The van der Waals surface area contributed by atoms with Crippen LogP contribution in [0.5, 0.6) is 0 Å². The number of hydrogen-bond donors (Lipinski definition) is 1. The van der Waals surface area contributed by atoms with Gasteiger partial charge in [0.15, 0.2) is 0 Å². The number of nitrogens with two attached hydrogens (primary N) is 1. The predicted molar refractivity (Wildman–Crippen MR) is 36.1 cm³/mol. The molecular formula is C6H10N2O3. The number of hydrogen-bond acceptors (Lipinski definition) is 3. The average Bonchev–Trinajstić information content (AvgIpc) is 2.35. The van der Waals surface area contributed by atoms with Gasteiger partial charge in [0.2, 0.25) is 5.91 Å². The second-order valence-electron chi connectivity index (χ2n) is 2.33. The van der Waals surface area contributed by atoms with Gasteiger partial charge in [-0.15, -0.1) is 0 Å². The normalized spacial score (nSPS) is 16.9. The second-order valence-corrected chi connectivity index (χ2v) is 2.33. The van der Waals surface area contributed by atoms with E-state index in [1.54, 1.807) is 0 Å². The van der Waals surface area contributed by atoms with E-state index in [0.717, 1.165) is 6.42 Å². The third-order valence-corrected chi connectivity index (χ3v) is 1.36. The minimum absolute atomic E-state index is 0.264. The number of carbonyl (C=O) groups excluding carboxylic acids is 2. The molecule has 1 saturated heterocycles. The minimum atomic E-state index is -0.620. The fraction of sp³-hybridized carbons (Fsp3) is 0.667. The van der Waals surface area contributed by atoms with E-state index in [1.807, 2.05) is 0 Å². The zero-order chi connectivity index (χ0) is 8.27. The highest BCUT2D eigenvalue weighted by molar-refractivity contribution is 5.95. The number of hydroxylamine groups is 2. The molecule has 5 nitrogen and oxygen atoms in total.